The standard InChI is InChI=1S/C18H18ClNO/c19-12-13-4-3-7-16(10-13)18(21)20-17-9-8-14-5-1-2-6-15(14)11-17/h1-7,10,17H,8-9,11-12H2,(H,20,21). The van der Waals surface area contributed by atoms with E-state index in [1.165, 1.54) is 11.1 Å². The number of hydrogen-bond acceptors (Lipinski definition) is 1. The lowest BCUT2D eigenvalue weighted by atomic mass is 9.88. The largest absolute Gasteiger partial charge is 0.349 e. The van der Waals surface area contributed by atoms with Gasteiger partial charge in [0.1, 0.15) is 0 Å². The zero-order valence-electron chi connectivity index (χ0n) is 11.8. The van der Waals surface area contributed by atoms with Crippen LogP contribution >= 0.6 is 11.6 Å². The van der Waals surface area contributed by atoms with E-state index >= 15 is 0 Å². The van der Waals surface area contributed by atoms with Crippen LogP contribution in [0.3, 0.4) is 0 Å². The summed E-state index contributed by atoms with van der Waals surface area (Å²) in [5.41, 5.74) is 4.42. The van der Waals surface area contributed by atoms with Crippen LogP contribution < -0.4 is 5.32 Å². The van der Waals surface area contributed by atoms with Gasteiger partial charge in [0.25, 0.3) is 5.91 Å². The van der Waals surface area contributed by atoms with Crippen molar-refractivity contribution in [2.45, 2.75) is 31.2 Å². The van der Waals surface area contributed by atoms with Crippen LogP contribution in [0.2, 0.25) is 0 Å². The Kier molecular flexibility index (Phi) is 4.26. The minimum Gasteiger partial charge on any atom is -0.349 e. The summed E-state index contributed by atoms with van der Waals surface area (Å²) in [6, 6.07) is 16.2. The summed E-state index contributed by atoms with van der Waals surface area (Å²) >= 11 is 5.82. The molecule has 2 aromatic carbocycles. The van der Waals surface area contributed by atoms with Crippen LogP contribution in [0.15, 0.2) is 48.5 Å². The normalized spacial score (nSPS) is 17.1. The van der Waals surface area contributed by atoms with E-state index in [9.17, 15) is 4.79 Å². The molecule has 1 amide bonds. The van der Waals surface area contributed by atoms with Gasteiger partial charge in [-0.1, -0.05) is 36.4 Å². The first-order valence-electron chi connectivity index (χ1n) is 7.29. The summed E-state index contributed by atoms with van der Waals surface area (Å²) in [5.74, 6) is 0.420. The highest BCUT2D eigenvalue weighted by atomic mass is 35.5. The van der Waals surface area contributed by atoms with E-state index < -0.39 is 0 Å². The maximum absolute atomic E-state index is 12.3. The maximum Gasteiger partial charge on any atom is 0.251 e. The number of nitrogens with one attached hydrogen (secondary N) is 1. The van der Waals surface area contributed by atoms with Crippen molar-refractivity contribution in [3.63, 3.8) is 0 Å². The number of halogens is 1. The molecule has 1 aliphatic rings. The molecule has 3 heteroatoms. The third-order valence-electron chi connectivity index (χ3n) is 4.03. The van der Waals surface area contributed by atoms with Gasteiger partial charge in [-0.2, -0.15) is 0 Å². The van der Waals surface area contributed by atoms with Crippen molar-refractivity contribution in [3.8, 4) is 0 Å². The molecule has 1 aliphatic carbocycles. The predicted molar refractivity (Wildman–Crippen MR) is 85.7 cm³/mol. The first-order chi connectivity index (χ1) is 10.3. The van der Waals surface area contributed by atoms with Crippen LogP contribution in [0, 0.1) is 0 Å². The summed E-state index contributed by atoms with van der Waals surface area (Å²) in [4.78, 5) is 12.3. The molecule has 108 valence electrons. The number of alkyl halides is 1. The number of aryl methyl sites for hydroxylation is 1. The first kappa shape index (κ1) is 14.2. The van der Waals surface area contributed by atoms with Gasteiger partial charge in [-0.05, 0) is 48.1 Å². The zero-order valence-corrected chi connectivity index (χ0v) is 12.6. The highest BCUT2D eigenvalue weighted by molar-refractivity contribution is 6.17. The summed E-state index contributed by atoms with van der Waals surface area (Å²) in [6.45, 7) is 0. The maximum atomic E-state index is 12.3. The van der Waals surface area contributed by atoms with E-state index in [2.05, 4.69) is 29.6 Å². The molecule has 0 heterocycles. The average molecular weight is 300 g/mol. The van der Waals surface area contributed by atoms with Gasteiger partial charge in [-0.15, -0.1) is 11.6 Å². The third kappa shape index (κ3) is 3.27. The predicted octanol–water partition coefficient (Wildman–Crippen LogP) is 3.71. The van der Waals surface area contributed by atoms with Gasteiger partial charge in [0.05, 0.1) is 0 Å². The fourth-order valence-corrected chi connectivity index (χ4v) is 3.05. The van der Waals surface area contributed by atoms with Crippen LogP contribution in [0.4, 0.5) is 0 Å². The Bertz CT molecular complexity index is 653. The molecule has 0 aromatic heterocycles. The summed E-state index contributed by atoms with van der Waals surface area (Å²) < 4.78 is 0. The van der Waals surface area contributed by atoms with E-state index in [4.69, 9.17) is 11.6 Å². The lowest BCUT2D eigenvalue weighted by Crippen LogP contribution is -2.38. The van der Waals surface area contributed by atoms with E-state index in [1.807, 2.05) is 24.3 Å². The number of carbonyl (C=O) groups excluding carboxylic acids is 1. The van der Waals surface area contributed by atoms with Crippen LogP contribution in [0.1, 0.15) is 33.5 Å². The fourth-order valence-electron chi connectivity index (χ4n) is 2.89. The lowest BCUT2D eigenvalue weighted by molar-refractivity contribution is 0.0933. The van der Waals surface area contributed by atoms with Crippen molar-refractivity contribution in [3.05, 3.63) is 70.8 Å². The molecular weight excluding hydrogens is 282 g/mol. The Morgan fingerprint density at radius 3 is 2.76 bits per heavy atom. The minimum absolute atomic E-state index is 0.00801. The van der Waals surface area contributed by atoms with Crippen molar-refractivity contribution in [1.29, 1.82) is 0 Å². The molecule has 2 aromatic rings. The third-order valence-corrected chi connectivity index (χ3v) is 4.33. The van der Waals surface area contributed by atoms with E-state index in [-0.39, 0.29) is 11.9 Å². The molecule has 2 nitrogen and oxygen atoms in total. The summed E-state index contributed by atoms with van der Waals surface area (Å²) in [5, 5.41) is 3.15. The lowest BCUT2D eigenvalue weighted by Gasteiger charge is -2.25. The SMILES string of the molecule is O=C(NC1CCc2ccccc2C1)c1cccc(CCl)c1. The van der Waals surface area contributed by atoms with Crippen molar-refractivity contribution in [2.75, 3.05) is 0 Å². The van der Waals surface area contributed by atoms with Crippen LogP contribution in [0.5, 0.6) is 0 Å². The Balaban J connectivity index is 1.68. The number of amides is 1. The van der Waals surface area contributed by atoms with Gasteiger partial charge in [0.2, 0.25) is 0 Å². The molecule has 0 saturated carbocycles. The molecule has 0 bridgehead atoms. The van der Waals surface area contributed by atoms with Crippen LogP contribution in [0.25, 0.3) is 0 Å². The number of rotatable bonds is 3. The molecule has 0 aliphatic heterocycles. The van der Waals surface area contributed by atoms with E-state index in [1.54, 1.807) is 0 Å². The second kappa shape index (κ2) is 6.31. The Hall–Kier alpha value is -1.80. The van der Waals surface area contributed by atoms with Gasteiger partial charge in [-0.3, -0.25) is 4.79 Å². The van der Waals surface area contributed by atoms with Gasteiger partial charge in [0.15, 0.2) is 0 Å². The average Bonchev–Trinajstić information content (AvgIpc) is 2.54. The van der Waals surface area contributed by atoms with Crippen molar-refractivity contribution in [2.24, 2.45) is 0 Å². The molecule has 1 N–H and O–H groups in total. The number of benzene rings is 2. The Morgan fingerprint density at radius 2 is 1.95 bits per heavy atom. The Morgan fingerprint density at radius 1 is 1.14 bits per heavy atom. The molecular formula is C18H18ClNO. The van der Waals surface area contributed by atoms with Crippen molar-refractivity contribution < 1.29 is 4.79 Å². The molecule has 1 unspecified atom stereocenters. The second-order valence-corrected chi connectivity index (χ2v) is 5.78. The van der Waals surface area contributed by atoms with Gasteiger partial charge < -0.3 is 5.32 Å². The molecule has 0 radical (unpaired) electrons. The number of carbonyl (C=O) groups is 1. The van der Waals surface area contributed by atoms with E-state index in [0.29, 0.717) is 11.4 Å². The number of hydrogen-bond donors (Lipinski definition) is 1. The zero-order chi connectivity index (χ0) is 14.7. The van der Waals surface area contributed by atoms with Gasteiger partial charge in [0, 0.05) is 17.5 Å². The molecule has 1 atom stereocenters. The van der Waals surface area contributed by atoms with Crippen molar-refractivity contribution >= 4 is 17.5 Å². The molecule has 0 saturated heterocycles. The monoisotopic (exact) mass is 299 g/mol. The van der Waals surface area contributed by atoms with Crippen LogP contribution in [-0.4, -0.2) is 11.9 Å². The highest BCUT2D eigenvalue weighted by Crippen LogP contribution is 2.21. The molecule has 21 heavy (non-hydrogen) atoms. The quantitative estimate of drug-likeness (QED) is 0.860. The molecule has 0 spiro atoms. The summed E-state index contributed by atoms with van der Waals surface area (Å²) in [7, 11) is 0. The van der Waals surface area contributed by atoms with Crippen LogP contribution in [-0.2, 0) is 18.7 Å². The minimum atomic E-state index is -0.00801. The Labute approximate surface area is 130 Å². The summed E-state index contributed by atoms with van der Waals surface area (Å²) in [6.07, 6.45) is 2.94. The van der Waals surface area contributed by atoms with Gasteiger partial charge in [-0.25, -0.2) is 0 Å². The molecule has 3 rings (SSSR count). The smallest absolute Gasteiger partial charge is 0.251 e. The highest BCUT2D eigenvalue weighted by Gasteiger charge is 2.20. The van der Waals surface area contributed by atoms with E-state index in [0.717, 1.165) is 24.8 Å². The molecule has 0 fully saturated rings. The van der Waals surface area contributed by atoms with Crippen molar-refractivity contribution in [1.82, 2.24) is 5.32 Å². The van der Waals surface area contributed by atoms with Gasteiger partial charge >= 0.3 is 0 Å². The fraction of sp³-hybridized carbons (Fsp3) is 0.278. The topological polar surface area (TPSA) is 29.1 Å². The number of fused-ring (bicyclic) bond motifs is 1. The first-order valence-corrected chi connectivity index (χ1v) is 7.82. The second-order valence-electron chi connectivity index (χ2n) is 5.52.